The molecular formula is C9H9NO. The van der Waals surface area contributed by atoms with Gasteiger partial charge in [0.2, 0.25) is 5.91 Å². The molecule has 4 aliphatic carbocycles. The molecule has 0 aromatic heterocycles. The van der Waals surface area contributed by atoms with Gasteiger partial charge in [-0.1, -0.05) is 12.2 Å². The van der Waals surface area contributed by atoms with Crippen molar-refractivity contribution < 1.29 is 4.79 Å². The highest BCUT2D eigenvalue weighted by molar-refractivity contribution is 5.86. The Morgan fingerprint density at radius 2 is 2.00 bits per heavy atom. The summed E-state index contributed by atoms with van der Waals surface area (Å²) in [5, 5.41) is 3.09. The third-order valence-electron chi connectivity index (χ3n) is 4.02. The van der Waals surface area contributed by atoms with Crippen molar-refractivity contribution in [2.45, 2.75) is 6.04 Å². The van der Waals surface area contributed by atoms with Crippen LogP contribution >= 0.6 is 0 Å². The number of carbonyl (C=O) groups excluding carboxylic acids is 1. The van der Waals surface area contributed by atoms with E-state index < -0.39 is 0 Å². The first-order valence-electron chi connectivity index (χ1n) is 4.36. The standard InChI is InChI=1S/C9H9NO/c11-9-7-4-2-1-3-5(7)6(3)8(4)10-9/h1-8H,(H,10,11). The zero-order valence-electron chi connectivity index (χ0n) is 6.03. The van der Waals surface area contributed by atoms with E-state index in [1.54, 1.807) is 0 Å². The number of hydrogen-bond acceptors (Lipinski definition) is 1. The van der Waals surface area contributed by atoms with Crippen LogP contribution in [0.2, 0.25) is 0 Å². The zero-order valence-corrected chi connectivity index (χ0v) is 6.03. The summed E-state index contributed by atoms with van der Waals surface area (Å²) in [5.74, 6) is 3.64. The van der Waals surface area contributed by atoms with Gasteiger partial charge in [-0.15, -0.1) is 0 Å². The fraction of sp³-hybridized carbons (Fsp3) is 0.667. The second-order valence-electron chi connectivity index (χ2n) is 4.25. The van der Waals surface area contributed by atoms with Gasteiger partial charge in [-0.3, -0.25) is 4.79 Å². The number of allylic oxidation sites excluding steroid dienone is 1. The quantitative estimate of drug-likeness (QED) is 0.486. The van der Waals surface area contributed by atoms with Gasteiger partial charge in [0.05, 0.1) is 0 Å². The molecule has 5 aliphatic rings. The highest BCUT2D eigenvalue weighted by Crippen LogP contribution is 2.68. The first-order chi connectivity index (χ1) is 5.38. The number of amides is 1. The van der Waals surface area contributed by atoms with E-state index in [-0.39, 0.29) is 0 Å². The van der Waals surface area contributed by atoms with Crippen LogP contribution in [0.15, 0.2) is 12.2 Å². The number of carbonyl (C=O) groups is 1. The van der Waals surface area contributed by atoms with Gasteiger partial charge in [0.25, 0.3) is 0 Å². The van der Waals surface area contributed by atoms with Gasteiger partial charge in [-0.2, -0.15) is 0 Å². The van der Waals surface area contributed by atoms with Crippen LogP contribution in [0.1, 0.15) is 0 Å². The van der Waals surface area contributed by atoms with Gasteiger partial charge >= 0.3 is 0 Å². The largest absolute Gasteiger partial charge is 0.352 e. The summed E-state index contributed by atoms with van der Waals surface area (Å²) in [6.45, 7) is 0. The minimum Gasteiger partial charge on any atom is -0.352 e. The Bertz CT molecular complexity index is 296. The maximum Gasteiger partial charge on any atom is 0.224 e. The maximum absolute atomic E-state index is 11.3. The average molecular weight is 147 g/mol. The van der Waals surface area contributed by atoms with Crippen molar-refractivity contribution in [3.8, 4) is 0 Å². The zero-order chi connectivity index (χ0) is 7.16. The van der Waals surface area contributed by atoms with Crippen LogP contribution in [-0.4, -0.2) is 11.9 Å². The first kappa shape index (κ1) is 4.96. The number of hydrogen-bond donors (Lipinski definition) is 1. The molecule has 11 heavy (non-hydrogen) atoms. The Balaban J connectivity index is 1.99. The van der Waals surface area contributed by atoms with Crippen molar-refractivity contribution in [3.05, 3.63) is 12.2 Å². The van der Waals surface area contributed by atoms with E-state index in [1.165, 1.54) is 0 Å². The van der Waals surface area contributed by atoms with E-state index in [9.17, 15) is 4.79 Å². The number of nitrogens with one attached hydrogen (secondary N) is 1. The van der Waals surface area contributed by atoms with Crippen LogP contribution < -0.4 is 5.32 Å². The minimum absolute atomic E-state index is 0.327. The van der Waals surface area contributed by atoms with E-state index in [1.807, 2.05) is 0 Å². The predicted octanol–water partition coefficient (Wildman–Crippen LogP) is 0.163. The maximum atomic E-state index is 11.3. The van der Waals surface area contributed by atoms with Crippen molar-refractivity contribution in [1.29, 1.82) is 0 Å². The molecule has 0 spiro atoms. The molecule has 2 heteroatoms. The van der Waals surface area contributed by atoms with Gasteiger partial charge in [-0.25, -0.2) is 0 Å². The molecule has 0 aromatic rings. The predicted molar refractivity (Wildman–Crippen MR) is 38.5 cm³/mol. The number of rotatable bonds is 0. The van der Waals surface area contributed by atoms with E-state index in [2.05, 4.69) is 17.5 Å². The van der Waals surface area contributed by atoms with Crippen molar-refractivity contribution in [2.75, 3.05) is 0 Å². The third kappa shape index (κ3) is 0.328. The molecule has 6 unspecified atom stereocenters. The van der Waals surface area contributed by atoms with Crippen LogP contribution in [-0.2, 0) is 4.79 Å². The lowest BCUT2D eigenvalue weighted by Gasteiger charge is -2.18. The first-order valence-corrected chi connectivity index (χ1v) is 4.36. The van der Waals surface area contributed by atoms with Gasteiger partial charge < -0.3 is 5.32 Å². The van der Waals surface area contributed by atoms with Crippen LogP contribution in [0, 0.1) is 29.6 Å². The monoisotopic (exact) mass is 147 g/mol. The van der Waals surface area contributed by atoms with E-state index in [4.69, 9.17) is 0 Å². The molecule has 6 bridgehead atoms. The molecule has 1 heterocycles. The lowest BCUT2D eigenvalue weighted by Crippen LogP contribution is -2.33. The van der Waals surface area contributed by atoms with Crippen molar-refractivity contribution in [1.82, 2.24) is 5.32 Å². The van der Waals surface area contributed by atoms with Crippen molar-refractivity contribution in [2.24, 2.45) is 29.6 Å². The van der Waals surface area contributed by atoms with Crippen LogP contribution in [0.3, 0.4) is 0 Å². The van der Waals surface area contributed by atoms with Crippen LogP contribution in [0.5, 0.6) is 0 Å². The van der Waals surface area contributed by atoms with E-state index in [0.29, 0.717) is 23.8 Å². The summed E-state index contributed by atoms with van der Waals surface area (Å²) < 4.78 is 0. The molecule has 56 valence electrons. The molecule has 3 fully saturated rings. The lowest BCUT2D eigenvalue weighted by molar-refractivity contribution is -0.124. The molecule has 1 N–H and O–H groups in total. The molecule has 0 aromatic carbocycles. The van der Waals surface area contributed by atoms with Crippen LogP contribution in [0.4, 0.5) is 0 Å². The van der Waals surface area contributed by atoms with Gasteiger partial charge in [0.1, 0.15) is 0 Å². The molecule has 1 saturated heterocycles. The fourth-order valence-electron chi connectivity index (χ4n) is 3.63. The lowest BCUT2D eigenvalue weighted by atomic mass is 9.84. The smallest absolute Gasteiger partial charge is 0.224 e. The van der Waals surface area contributed by atoms with E-state index >= 15 is 0 Å². The summed E-state index contributed by atoms with van der Waals surface area (Å²) in [7, 11) is 0. The molecule has 5 rings (SSSR count). The second-order valence-corrected chi connectivity index (χ2v) is 4.25. The highest BCUT2D eigenvalue weighted by Gasteiger charge is 2.73. The topological polar surface area (TPSA) is 29.1 Å². The Morgan fingerprint density at radius 3 is 2.64 bits per heavy atom. The van der Waals surface area contributed by atoms with Crippen molar-refractivity contribution in [3.63, 3.8) is 0 Å². The normalized spacial score (nSPS) is 66.7. The third-order valence-corrected chi connectivity index (χ3v) is 4.02. The second kappa shape index (κ2) is 1.15. The average Bonchev–Trinajstić information content (AvgIpc) is 2.59. The molecule has 2 saturated carbocycles. The van der Waals surface area contributed by atoms with Gasteiger partial charge in [-0.05, 0) is 17.8 Å². The van der Waals surface area contributed by atoms with Gasteiger partial charge in [0.15, 0.2) is 0 Å². The van der Waals surface area contributed by atoms with Crippen molar-refractivity contribution >= 4 is 5.91 Å². The summed E-state index contributed by atoms with van der Waals surface area (Å²) >= 11 is 0. The SMILES string of the molecule is O=C1NC2C3C=CC4C2C4C13. The Hall–Kier alpha value is -0.790. The Morgan fingerprint density at radius 1 is 1.18 bits per heavy atom. The number of piperidine rings is 1. The van der Waals surface area contributed by atoms with Crippen LogP contribution in [0.25, 0.3) is 0 Å². The molecule has 1 aliphatic heterocycles. The summed E-state index contributed by atoms with van der Waals surface area (Å²) in [6.07, 6.45) is 4.59. The summed E-state index contributed by atoms with van der Waals surface area (Å²) in [5.41, 5.74) is 0. The molecule has 2 nitrogen and oxygen atoms in total. The highest BCUT2D eigenvalue weighted by atomic mass is 16.2. The molecular weight excluding hydrogens is 138 g/mol. The minimum atomic E-state index is 0.327. The summed E-state index contributed by atoms with van der Waals surface area (Å²) in [6, 6.07) is 0.535. The Kier molecular flexibility index (Phi) is 0.520. The molecule has 6 atom stereocenters. The molecule has 1 amide bonds. The van der Waals surface area contributed by atoms with E-state index in [0.717, 1.165) is 17.8 Å². The Labute approximate surface area is 64.7 Å². The summed E-state index contributed by atoms with van der Waals surface area (Å²) in [4.78, 5) is 11.3. The molecule has 0 radical (unpaired) electrons. The fourth-order valence-corrected chi connectivity index (χ4v) is 3.63. The van der Waals surface area contributed by atoms with Gasteiger partial charge in [0, 0.05) is 17.9 Å².